The summed E-state index contributed by atoms with van der Waals surface area (Å²) in [6.45, 7) is 0. The van der Waals surface area contributed by atoms with Crippen molar-refractivity contribution in [3.8, 4) is 5.69 Å². The van der Waals surface area contributed by atoms with Crippen molar-refractivity contribution in [3.63, 3.8) is 0 Å². The minimum absolute atomic E-state index is 0.353. The minimum Gasteiger partial charge on any atom is -0.399 e. The molecule has 2 rings (SSSR count). The van der Waals surface area contributed by atoms with Gasteiger partial charge in [-0.25, -0.2) is 9.07 Å². The summed E-state index contributed by atoms with van der Waals surface area (Å²) in [5.41, 5.74) is 6.39. The molecule has 5 heteroatoms. The van der Waals surface area contributed by atoms with Gasteiger partial charge in [-0.3, -0.25) is 0 Å². The van der Waals surface area contributed by atoms with Crippen LogP contribution >= 0.6 is 11.6 Å². The second kappa shape index (κ2) is 3.31. The van der Waals surface area contributed by atoms with E-state index in [0.717, 1.165) is 0 Å². The number of hydrogen-bond donors (Lipinski definition) is 1. The van der Waals surface area contributed by atoms with Gasteiger partial charge < -0.3 is 5.73 Å². The van der Waals surface area contributed by atoms with Crippen LogP contribution in [0.3, 0.4) is 0 Å². The Balaban J connectivity index is 2.51. The van der Waals surface area contributed by atoms with Crippen LogP contribution in [-0.4, -0.2) is 9.78 Å². The Bertz CT molecular complexity index is 447. The molecule has 0 aliphatic carbocycles. The Morgan fingerprint density at radius 3 is 2.71 bits per heavy atom. The Kier molecular flexibility index (Phi) is 2.13. The second-order valence-corrected chi connectivity index (χ2v) is 3.28. The van der Waals surface area contributed by atoms with Gasteiger partial charge in [0.2, 0.25) is 0 Å². The fraction of sp³-hybridized carbons (Fsp3) is 0. The van der Waals surface area contributed by atoms with E-state index in [-0.39, 0.29) is 0 Å². The van der Waals surface area contributed by atoms with Gasteiger partial charge in [0.25, 0.3) is 0 Å². The van der Waals surface area contributed by atoms with Gasteiger partial charge >= 0.3 is 0 Å². The highest BCUT2D eigenvalue weighted by atomic mass is 35.5. The lowest BCUT2D eigenvalue weighted by Gasteiger charge is -2.02. The van der Waals surface area contributed by atoms with Crippen molar-refractivity contribution in [2.75, 3.05) is 5.73 Å². The average Bonchev–Trinajstić information content (AvgIpc) is 2.50. The van der Waals surface area contributed by atoms with E-state index in [4.69, 9.17) is 17.3 Å². The third-order valence-corrected chi connectivity index (χ3v) is 1.92. The summed E-state index contributed by atoms with van der Waals surface area (Å²) in [6, 6.07) is 4.20. The zero-order valence-electron chi connectivity index (χ0n) is 7.11. The number of nitrogen functional groups attached to an aromatic ring is 1. The summed E-state index contributed by atoms with van der Waals surface area (Å²) in [6.07, 6.45) is 3.05. The molecule has 1 aromatic carbocycles. The molecule has 1 heterocycles. The third-order valence-electron chi connectivity index (χ3n) is 1.72. The largest absolute Gasteiger partial charge is 0.399 e. The zero-order chi connectivity index (χ0) is 10.1. The monoisotopic (exact) mass is 211 g/mol. The number of benzene rings is 1. The quantitative estimate of drug-likeness (QED) is 0.736. The topological polar surface area (TPSA) is 43.8 Å². The Hall–Kier alpha value is -1.55. The van der Waals surface area contributed by atoms with E-state index >= 15 is 0 Å². The molecule has 72 valence electrons. The maximum atomic E-state index is 13.0. The molecule has 1 aromatic heterocycles. The Morgan fingerprint density at radius 1 is 1.36 bits per heavy atom. The molecule has 0 aliphatic rings. The number of nitrogens with zero attached hydrogens (tertiary/aromatic N) is 2. The molecule has 0 bridgehead atoms. The normalized spacial score (nSPS) is 10.4. The third kappa shape index (κ3) is 1.70. The van der Waals surface area contributed by atoms with Crippen LogP contribution in [0.4, 0.5) is 10.1 Å². The van der Waals surface area contributed by atoms with E-state index < -0.39 is 5.82 Å². The van der Waals surface area contributed by atoms with Crippen LogP contribution in [0.1, 0.15) is 0 Å². The summed E-state index contributed by atoms with van der Waals surface area (Å²) in [4.78, 5) is 0. The molecule has 2 N–H and O–H groups in total. The smallest absolute Gasteiger partial charge is 0.127 e. The first-order valence-electron chi connectivity index (χ1n) is 3.92. The van der Waals surface area contributed by atoms with Crippen molar-refractivity contribution in [1.82, 2.24) is 9.78 Å². The van der Waals surface area contributed by atoms with E-state index in [0.29, 0.717) is 16.4 Å². The molecule has 0 radical (unpaired) electrons. The average molecular weight is 212 g/mol. The number of anilines is 1. The molecule has 0 spiro atoms. The lowest BCUT2D eigenvalue weighted by Crippen LogP contribution is -1.97. The fourth-order valence-corrected chi connectivity index (χ4v) is 1.31. The van der Waals surface area contributed by atoms with Crippen LogP contribution in [0.25, 0.3) is 5.69 Å². The molecule has 0 aliphatic heterocycles. The van der Waals surface area contributed by atoms with Gasteiger partial charge in [-0.2, -0.15) is 5.10 Å². The van der Waals surface area contributed by atoms with Crippen molar-refractivity contribution in [2.45, 2.75) is 0 Å². The van der Waals surface area contributed by atoms with Crippen molar-refractivity contribution in [3.05, 3.63) is 41.4 Å². The second-order valence-electron chi connectivity index (χ2n) is 2.85. The van der Waals surface area contributed by atoms with Gasteiger partial charge in [-0.1, -0.05) is 11.6 Å². The van der Waals surface area contributed by atoms with E-state index in [1.807, 2.05) is 0 Å². The first kappa shape index (κ1) is 9.02. The molecule has 0 atom stereocenters. The molecule has 0 amide bonds. The van der Waals surface area contributed by atoms with Gasteiger partial charge in [0.15, 0.2) is 0 Å². The Morgan fingerprint density at radius 2 is 2.14 bits per heavy atom. The van der Waals surface area contributed by atoms with Crippen molar-refractivity contribution in [1.29, 1.82) is 0 Å². The lowest BCUT2D eigenvalue weighted by molar-refractivity contribution is 0.626. The standard InChI is InChI=1S/C9H7ClFN3/c10-6-4-13-14(5-6)9-2-7(11)1-8(12)3-9/h1-5H,12H2. The first-order chi connectivity index (χ1) is 6.65. The Labute approximate surface area is 84.9 Å². The van der Waals surface area contributed by atoms with E-state index in [1.165, 1.54) is 23.0 Å². The molecule has 14 heavy (non-hydrogen) atoms. The predicted molar refractivity (Wildman–Crippen MR) is 52.9 cm³/mol. The van der Waals surface area contributed by atoms with Crippen LogP contribution in [0, 0.1) is 5.82 Å². The number of rotatable bonds is 1. The zero-order valence-corrected chi connectivity index (χ0v) is 7.87. The molecule has 0 saturated carbocycles. The maximum absolute atomic E-state index is 13.0. The van der Waals surface area contributed by atoms with Crippen LogP contribution in [0.15, 0.2) is 30.6 Å². The first-order valence-corrected chi connectivity index (χ1v) is 4.29. The highest BCUT2D eigenvalue weighted by Gasteiger charge is 2.02. The minimum atomic E-state index is -0.397. The van der Waals surface area contributed by atoms with Crippen molar-refractivity contribution < 1.29 is 4.39 Å². The highest BCUT2D eigenvalue weighted by molar-refractivity contribution is 6.30. The summed E-state index contributed by atoms with van der Waals surface area (Å²) >= 11 is 5.68. The molecule has 0 unspecified atom stereocenters. The van der Waals surface area contributed by atoms with Crippen LogP contribution in [0.5, 0.6) is 0 Å². The molecule has 3 nitrogen and oxygen atoms in total. The highest BCUT2D eigenvalue weighted by Crippen LogP contribution is 2.16. The lowest BCUT2D eigenvalue weighted by atomic mass is 10.3. The number of nitrogens with two attached hydrogens (primary N) is 1. The summed E-state index contributed by atoms with van der Waals surface area (Å²) in [5, 5.41) is 4.42. The number of aromatic nitrogens is 2. The molecular weight excluding hydrogens is 205 g/mol. The fourth-order valence-electron chi connectivity index (χ4n) is 1.17. The summed E-state index contributed by atoms with van der Waals surface area (Å²) in [5.74, 6) is -0.397. The van der Waals surface area contributed by atoms with Gasteiger partial charge in [-0.05, 0) is 18.2 Å². The number of halogens is 2. The summed E-state index contributed by atoms with van der Waals surface area (Å²) in [7, 11) is 0. The van der Waals surface area contributed by atoms with Crippen molar-refractivity contribution in [2.24, 2.45) is 0 Å². The van der Waals surface area contributed by atoms with E-state index in [9.17, 15) is 4.39 Å². The van der Waals surface area contributed by atoms with Gasteiger partial charge in [0.1, 0.15) is 5.82 Å². The van der Waals surface area contributed by atoms with Crippen molar-refractivity contribution >= 4 is 17.3 Å². The maximum Gasteiger partial charge on any atom is 0.127 e. The van der Waals surface area contributed by atoms with Crippen LogP contribution in [0.2, 0.25) is 5.02 Å². The predicted octanol–water partition coefficient (Wildman–Crippen LogP) is 2.25. The van der Waals surface area contributed by atoms with Gasteiger partial charge in [-0.15, -0.1) is 0 Å². The molecular formula is C9H7ClFN3. The van der Waals surface area contributed by atoms with E-state index in [2.05, 4.69) is 5.10 Å². The van der Waals surface area contributed by atoms with E-state index in [1.54, 1.807) is 12.3 Å². The van der Waals surface area contributed by atoms with Gasteiger partial charge in [0.05, 0.1) is 16.9 Å². The molecule has 2 aromatic rings. The van der Waals surface area contributed by atoms with Gasteiger partial charge in [0, 0.05) is 11.9 Å². The molecule has 0 fully saturated rings. The molecule has 0 saturated heterocycles. The SMILES string of the molecule is Nc1cc(F)cc(-n2cc(Cl)cn2)c1. The van der Waals surface area contributed by atoms with Crippen LogP contribution < -0.4 is 5.73 Å². The summed E-state index contributed by atoms with van der Waals surface area (Å²) < 4.78 is 14.4. The number of hydrogen-bond acceptors (Lipinski definition) is 2. The van der Waals surface area contributed by atoms with Crippen LogP contribution in [-0.2, 0) is 0 Å².